The molecule has 1 aliphatic heterocycles. The van der Waals surface area contributed by atoms with E-state index < -0.39 is 10.0 Å². The van der Waals surface area contributed by atoms with Gasteiger partial charge in [0, 0.05) is 19.2 Å². The third-order valence-electron chi connectivity index (χ3n) is 3.31. The number of nitrogens with one attached hydrogen (secondary N) is 2. The molecule has 8 heteroatoms. The van der Waals surface area contributed by atoms with Crippen LogP contribution < -0.4 is 10.0 Å². The molecule has 6 nitrogen and oxygen atoms in total. The van der Waals surface area contributed by atoms with Gasteiger partial charge in [-0.25, -0.2) is 13.1 Å². The predicted octanol–water partition coefficient (Wildman–Crippen LogP) is 1.86. The Hall–Kier alpha value is -0.410. The first kappa shape index (κ1) is 17.0. The summed E-state index contributed by atoms with van der Waals surface area (Å²) in [5.41, 5.74) is 0. The van der Waals surface area contributed by atoms with Crippen LogP contribution in [0.25, 0.3) is 0 Å². The third kappa shape index (κ3) is 4.79. The topological polar surface area (TPSA) is 80.6 Å². The highest BCUT2D eigenvalue weighted by Gasteiger charge is 2.24. The van der Waals surface area contributed by atoms with E-state index in [9.17, 15) is 8.42 Å². The first-order valence-electron chi connectivity index (χ1n) is 7.09. The molecule has 0 radical (unpaired) electrons. The Morgan fingerprint density at radius 2 is 2.29 bits per heavy atom. The molecule has 0 saturated carbocycles. The van der Waals surface area contributed by atoms with Crippen LogP contribution in [0.5, 0.6) is 0 Å². The number of hydrogen-bond donors (Lipinski definition) is 2. The number of hydrogen-bond acceptors (Lipinski definition) is 5. The van der Waals surface area contributed by atoms with Crippen molar-refractivity contribution in [2.24, 2.45) is 5.92 Å². The maximum Gasteiger partial charge on any atom is 0.244 e. The van der Waals surface area contributed by atoms with Crippen molar-refractivity contribution in [3.8, 4) is 0 Å². The summed E-state index contributed by atoms with van der Waals surface area (Å²) in [5, 5.41) is 3.17. The lowest BCUT2D eigenvalue weighted by Gasteiger charge is -2.09. The molecule has 120 valence electrons. The van der Waals surface area contributed by atoms with Crippen LogP contribution in [0.15, 0.2) is 20.0 Å². The molecule has 0 aliphatic carbocycles. The fourth-order valence-electron chi connectivity index (χ4n) is 2.11. The van der Waals surface area contributed by atoms with Crippen molar-refractivity contribution < 1.29 is 17.6 Å². The van der Waals surface area contributed by atoms with Gasteiger partial charge >= 0.3 is 0 Å². The van der Waals surface area contributed by atoms with Gasteiger partial charge in [0.1, 0.15) is 10.7 Å². The van der Waals surface area contributed by atoms with Crippen LogP contribution in [0.2, 0.25) is 0 Å². The molecule has 1 aromatic heterocycles. The lowest BCUT2D eigenvalue weighted by molar-refractivity contribution is 0.186. The molecule has 1 aromatic rings. The summed E-state index contributed by atoms with van der Waals surface area (Å²) >= 11 is 3.18. The van der Waals surface area contributed by atoms with E-state index in [2.05, 4.69) is 32.9 Å². The van der Waals surface area contributed by atoms with E-state index in [0.29, 0.717) is 32.1 Å². The van der Waals surface area contributed by atoms with Gasteiger partial charge in [-0.3, -0.25) is 0 Å². The first-order chi connectivity index (χ1) is 10.0. The van der Waals surface area contributed by atoms with Gasteiger partial charge < -0.3 is 14.5 Å². The highest BCUT2D eigenvalue weighted by molar-refractivity contribution is 9.10. The van der Waals surface area contributed by atoms with Crippen molar-refractivity contribution in [2.45, 2.75) is 31.2 Å². The fraction of sp³-hybridized carbons (Fsp3) is 0.692. The summed E-state index contributed by atoms with van der Waals surface area (Å²) < 4.78 is 38.1. The van der Waals surface area contributed by atoms with Gasteiger partial charge in [-0.05, 0) is 41.2 Å². The third-order valence-corrected chi connectivity index (χ3v) is 5.59. The predicted molar refractivity (Wildman–Crippen MR) is 82.5 cm³/mol. The summed E-state index contributed by atoms with van der Waals surface area (Å²) in [6.45, 7) is 5.15. The minimum Gasteiger partial charge on any atom is -0.452 e. The Labute approximate surface area is 133 Å². The SMILES string of the molecule is CCCNCc1cc(S(=O)(=O)NCC2CCOC2)c(Br)o1. The summed E-state index contributed by atoms with van der Waals surface area (Å²) in [7, 11) is -3.56. The summed E-state index contributed by atoms with van der Waals surface area (Å²) in [6, 6.07) is 1.56. The summed E-state index contributed by atoms with van der Waals surface area (Å²) in [5.74, 6) is 0.844. The van der Waals surface area contributed by atoms with Crippen LogP contribution in [-0.2, 0) is 21.3 Å². The summed E-state index contributed by atoms with van der Waals surface area (Å²) in [4.78, 5) is 0.148. The Bertz CT molecular complexity index is 553. The Morgan fingerprint density at radius 3 is 2.95 bits per heavy atom. The van der Waals surface area contributed by atoms with Gasteiger partial charge in [0.2, 0.25) is 10.0 Å². The maximum absolute atomic E-state index is 12.3. The van der Waals surface area contributed by atoms with E-state index in [4.69, 9.17) is 9.15 Å². The standard InChI is InChI=1S/C13H21BrN2O4S/c1-2-4-15-8-11-6-12(13(14)20-11)21(17,18)16-7-10-3-5-19-9-10/h6,10,15-16H,2-5,7-9H2,1H3. The van der Waals surface area contributed by atoms with Crippen LogP contribution in [-0.4, -0.2) is 34.7 Å². The van der Waals surface area contributed by atoms with E-state index in [-0.39, 0.29) is 15.5 Å². The number of rotatable bonds is 8. The largest absolute Gasteiger partial charge is 0.452 e. The van der Waals surface area contributed by atoms with Crippen LogP contribution in [0.4, 0.5) is 0 Å². The van der Waals surface area contributed by atoms with Crippen molar-refractivity contribution in [3.05, 3.63) is 16.5 Å². The molecule has 2 heterocycles. The lowest BCUT2D eigenvalue weighted by Crippen LogP contribution is -2.29. The van der Waals surface area contributed by atoms with Crippen molar-refractivity contribution >= 4 is 26.0 Å². The smallest absolute Gasteiger partial charge is 0.244 e. The zero-order valence-electron chi connectivity index (χ0n) is 12.0. The molecule has 2 rings (SSSR count). The molecule has 21 heavy (non-hydrogen) atoms. The number of ether oxygens (including phenoxy) is 1. The van der Waals surface area contributed by atoms with E-state index >= 15 is 0 Å². The van der Waals surface area contributed by atoms with Gasteiger partial charge in [-0.15, -0.1) is 0 Å². The second-order valence-electron chi connectivity index (χ2n) is 5.11. The molecule has 0 spiro atoms. The molecular weight excluding hydrogens is 360 g/mol. The van der Waals surface area contributed by atoms with E-state index in [1.54, 1.807) is 6.07 Å². The second kappa shape index (κ2) is 7.73. The molecule has 0 aromatic carbocycles. The number of halogens is 1. The van der Waals surface area contributed by atoms with Gasteiger partial charge in [-0.1, -0.05) is 6.92 Å². The lowest BCUT2D eigenvalue weighted by atomic mass is 10.1. The molecule has 1 atom stereocenters. The van der Waals surface area contributed by atoms with Crippen molar-refractivity contribution in [3.63, 3.8) is 0 Å². The van der Waals surface area contributed by atoms with Crippen molar-refractivity contribution in [1.82, 2.24) is 10.0 Å². The van der Waals surface area contributed by atoms with E-state index in [0.717, 1.165) is 19.4 Å². The highest BCUT2D eigenvalue weighted by atomic mass is 79.9. The second-order valence-corrected chi connectivity index (χ2v) is 7.56. The minimum absolute atomic E-state index is 0.148. The molecule has 1 aliphatic rings. The van der Waals surface area contributed by atoms with Crippen LogP contribution in [0.3, 0.4) is 0 Å². The zero-order valence-corrected chi connectivity index (χ0v) is 14.4. The molecule has 1 fully saturated rings. The average molecular weight is 381 g/mol. The minimum atomic E-state index is -3.56. The quantitative estimate of drug-likeness (QED) is 0.672. The fourth-order valence-corrected chi connectivity index (χ4v) is 4.22. The van der Waals surface area contributed by atoms with Gasteiger partial charge in [-0.2, -0.15) is 0 Å². The van der Waals surface area contributed by atoms with Crippen LogP contribution in [0, 0.1) is 5.92 Å². The molecule has 2 N–H and O–H groups in total. The highest BCUT2D eigenvalue weighted by Crippen LogP contribution is 2.26. The van der Waals surface area contributed by atoms with Crippen LogP contribution in [0.1, 0.15) is 25.5 Å². The summed E-state index contributed by atoms with van der Waals surface area (Å²) in [6.07, 6.45) is 1.90. The Kier molecular flexibility index (Phi) is 6.24. The van der Waals surface area contributed by atoms with Gasteiger partial charge in [0.25, 0.3) is 0 Å². The molecule has 0 amide bonds. The normalized spacial score (nSPS) is 19.2. The molecule has 1 unspecified atom stereocenters. The monoisotopic (exact) mass is 380 g/mol. The Morgan fingerprint density at radius 1 is 1.48 bits per heavy atom. The van der Waals surface area contributed by atoms with Crippen molar-refractivity contribution in [1.29, 1.82) is 0 Å². The molecule has 0 bridgehead atoms. The van der Waals surface area contributed by atoms with Crippen molar-refractivity contribution in [2.75, 3.05) is 26.3 Å². The first-order valence-corrected chi connectivity index (χ1v) is 9.37. The van der Waals surface area contributed by atoms with E-state index in [1.807, 2.05) is 0 Å². The van der Waals surface area contributed by atoms with Gasteiger partial charge in [0.05, 0.1) is 13.2 Å². The van der Waals surface area contributed by atoms with E-state index in [1.165, 1.54) is 0 Å². The molecule has 1 saturated heterocycles. The Balaban J connectivity index is 1.97. The maximum atomic E-state index is 12.3. The molecular formula is C13H21BrN2O4S. The number of furan rings is 1. The van der Waals surface area contributed by atoms with Gasteiger partial charge in [0.15, 0.2) is 4.67 Å². The average Bonchev–Trinajstić information content (AvgIpc) is 3.07. The zero-order chi connectivity index (χ0) is 15.3. The number of sulfonamides is 1. The van der Waals surface area contributed by atoms with Crippen LogP contribution >= 0.6 is 15.9 Å².